The summed E-state index contributed by atoms with van der Waals surface area (Å²) in [5, 5.41) is 0. The lowest BCUT2D eigenvalue weighted by Crippen LogP contribution is -1.98. The predicted molar refractivity (Wildman–Crippen MR) is 101 cm³/mol. The van der Waals surface area contributed by atoms with Gasteiger partial charge in [0.15, 0.2) is 9.84 Å². The average molecular weight is 438 g/mol. The zero-order valence-corrected chi connectivity index (χ0v) is 16.1. The highest BCUT2D eigenvalue weighted by Gasteiger charge is 2.16. The number of hydrogen-bond donors (Lipinski definition) is 0. The fourth-order valence-corrected chi connectivity index (χ4v) is 3.78. The average Bonchev–Trinajstić information content (AvgIpc) is 2.61. The molecule has 0 saturated carbocycles. The quantitative estimate of drug-likeness (QED) is 0.527. The lowest BCUT2D eigenvalue weighted by atomic mass is 9.94. The first kappa shape index (κ1) is 18.7. The van der Waals surface area contributed by atoms with Crippen LogP contribution in [-0.4, -0.2) is 19.7 Å². The normalized spacial score (nSPS) is 11.5. The molecule has 0 N–H and O–H groups in total. The molecular formula is C19H14BrF2NO2S. The summed E-state index contributed by atoms with van der Waals surface area (Å²) in [5.74, 6) is -0.389. The zero-order chi connectivity index (χ0) is 18.9. The Morgan fingerprint density at radius 1 is 1.00 bits per heavy atom. The van der Waals surface area contributed by atoms with Gasteiger partial charge in [0.1, 0.15) is 17.1 Å². The van der Waals surface area contributed by atoms with Crippen molar-refractivity contribution in [2.24, 2.45) is 0 Å². The van der Waals surface area contributed by atoms with Gasteiger partial charge in [-0.15, -0.1) is 0 Å². The second-order valence-corrected chi connectivity index (χ2v) is 8.58. The second kappa shape index (κ2) is 7.25. The molecule has 0 bridgehead atoms. The molecular weight excluding hydrogens is 424 g/mol. The zero-order valence-electron chi connectivity index (χ0n) is 13.7. The summed E-state index contributed by atoms with van der Waals surface area (Å²) in [7, 11) is -3.31. The molecule has 7 heteroatoms. The first-order chi connectivity index (χ1) is 12.3. The minimum absolute atomic E-state index is 0.198. The van der Waals surface area contributed by atoms with Crippen molar-refractivity contribution in [2.75, 3.05) is 6.26 Å². The van der Waals surface area contributed by atoms with Crippen molar-refractivity contribution in [1.29, 1.82) is 0 Å². The first-order valence-electron chi connectivity index (χ1n) is 7.61. The van der Waals surface area contributed by atoms with Gasteiger partial charge in [-0.3, -0.25) is 0 Å². The summed E-state index contributed by atoms with van der Waals surface area (Å²) < 4.78 is 50.6. The molecule has 2 aromatic carbocycles. The lowest BCUT2D eigenvalue weighted by molar-refractivity contribution is 0.476. The number of sulfone groups is 1. The van der Waals surface area contributed by atoms with Crippen LogP contribution in [0.2, 0.25) is 0 Å². The molecule has 0 spiro atoms. The number of aromatic nitrogens is 1. The van der Waals surface area contributed by atoms with Crippen LogP contribution in [0.5, 0.6) is 0 Å². The van der Waals surface area contributed by atoms with Crippen LogP contribution in [0.4, 0.5) is 8.78 Å². The van der Waals surface area contributed by atoms with E-state index in [0.29, 0.717) is 26.9 Å². The Balaban J connectivity index is 2.23. The Hall–Kier alpha value is -2.12. The van der Waals surface area contributed by atoms with E-state index in [1.54, 1.807) is 30.3 Å². The monoisotopic (exact) mass is 437 g/mol. The molecule has 0 atom stereocenters. The third kappa shape index (κ3) is 3.83. The van der Waals surface area contributed by atoms with E-state index in [0.717, 1.165) is 6.26 Å². The Labute approximate surface area is 158 Å². The van der Waals surface area contributed by atoms with Crippen LogP contribution in [-0.2, 0) is 16.5 Å². The first-order valence-corrected chi connectivity index (χ1v) is 10.3. The van der Waals surface area contributed by atoms with Gasteiger partial charge in [0.25, 0.3) is 0 Å². The van der Waals surface area contributed by atoms with Crippen LogP contribution >= 0.6 is 15.9 Å². The van der Waals surface area contributed by atoms with Crippen LogP contribution in [0.1, 0.15) is 5.69 Å². The second-order valence-electron chi connectivity index (χ2n) is 5.75. The van der Waals surface area contributed by atoms with E-state index in [-0.39, 0.29) is 16.4 Å². The maximum absolute atomic E-state index is 13.6. The number of halogens is 3. The highest BCUT2D eigenvalue weighted by molar-refractivity contribution is 9.10. The summed E-state index contributed by atoms with van der Waals surface area (Å²) in [6.07, 6.45) is 1.14. The molecule has 134 valence electrons. The number of alkyl halides is 1. The number of nitrogens with zero attached hydrogens (tertiary/aromatic N) is 1. The van der Waals surface area contributed by atoms with Gasteiger partial charge in [-0.25, -0.2) is 22.2 Å². The summed E-state index contributed by atoms with van der Waals surface area (Å²) in [5.41, 5.74) is 2.76. The van der Waals surface area contributed by atoms with Crippen molar-refractivity contribution in [1.82, 2.24) is 4.98 Å². The van der Waals surface area contributed by atoms with Gasteiger partial charge in [-0.1, -0.05) is 24.3 Å². The van der Waals surface area contributed by atoms with Gasteiger partial charge in [0.2, 0.25) is 0 Å². The fraction of sp³-hybridized carbons (Fsp3) is 0.105. The summed E-state index contributed by atoms with van der Waals surface area (Å²) in [4.78, 5) is 4.38. The third-order valence-electron chi connectivity index (χ3n) is 3.92. The van der Waals surface area contributed by atoms with Crippen LogP contribution in [0, 0.1) is 5.82 Å². The van der Waals surface area contributed by atoms with Gasteiger partial charge in [0.05, 0.1) is 10.6 Å². The summed E-state index contributed by atoms with van der Waals surface area (Å²) in [6, 6.07) is 13.8. The minimum atomic E-state index is -3.31. The Bertz CT molecular complexity index is 1050. The van der Waals surface area contributed by atoms with Crippen LogP contribution in [0.25, 0.3) is 22.3 Å². The molecule has 0 aliphatic rings. The molecule has 3 aromatic rings. The number of rotatable bonds is 4. The molecule has 3 nitrogen and oxygen atoms in total. The Morgan fingerprint density at radius 2 is 1.58 bits per heavy atom. The highest BCUT2D eigenvalue weighted by atomic mass is 79.9. The van der Waals surface area contributed by atoms with E-state index in [9.17, 15) is 17.2 Å². The summed E-state index contributed by atoms with van der Waals surface area (Å²) in [6.45, 7) is -0.791. The molecule has 0 amide bonds. The van der Waals surface area contributed by atoms with E-state index in [1.165, 1.54) is 24.3 Å². The smallest absolute Gasteiger partial charge is 0.175 e. The van der Waals surface area contributed by atoms with Gasteiger partial charge in [0, 0.05) is 11.8 Å². The Morgan fingerprint density at radius 3 is 2.12 bits per heavy atom. The van der Waals surface area contributed by atoms with Crippen LogP contribution < -0.4 is 0 Å². The van der Waals surface area contributed by atoms with Crippen molar-refractivity contribution >= 4 is 25.8 Å². The standard InChI is InChI=1S/C19H14BrF2NO2S/c1-26(24,25)15-8-4-12(5-9-15)16-10-18(20)23-17(11-21)19(16)13-2-6-14(22)7-3-13/h2-10H,11H2,1H3. The molecule has 26 heavy (non-hydrogen) atoms. The number of pyridine rings is 1. The third-order valence-corrected chi connectivity index (χ3v) is 5.45. The topological polar surface area (TPSA) is 47.0 Å². The van der Waals surface area contributed by atoms with Crippen molar-refractivity contribution < 1.29 is 17.2 Å². The lowest BCUT2D eigenvalue weighted by Gasteiger charge is -2.14. The molecule has 1 heterocycles. The van der Waals surface area contributed by atoms with E-state index in [4.69, 9.17) is 0 Å². The van der Waals surface area contributed by atoms with Gasteiger partial charge >= 0.3 is 0 Å². The predicted octanol–water partition coefficient (Wildman–Crippen LogP) is 5.19. The highest BCUT2D eigenvalue weighted by Crippen LogP contribution is 2.37. The maximum atomic E-state index is 13.6. The number of benzene rings is 2. The molecule has 1 aromatic heterocycles. The van der Waals surface area contributed by atoms with Crippen LogP contribution in [0.15, 0.2) is 64.1 Å². The van der Waals surface area contributed by atoms with Gasteiger partial charge < -0.3 is 0 Å². The maximum Gasteiger partial charge on any atom is 0.175 e. The van der Waals surface area contributed by atoms with E-state index in [2.05, 4.69) is 20.9 Å². The molecule has 0 fully saturated rings. The summed E-state index contributed by atoms with van der Waals surface area (Å²) >= 11 is 3.28. The van der Waals surface area contributed by atoms with Crippen molar-refractivity contribution in [3.63, 3.8) is 0 Å². The molecule has 3 rings (SSSR count). The molecule has 0 unspecified atom stereocenters. The fourth-order valence-electron chi connectivity index (χ4n) is 2.71. The van der Waals surface area contributed by atoms with Gasteiger partial charge in [-0.05, 0) is 63.0 Å². The van der Waals surface area contributed by atoms with Crippen LogP contribution in [0.3, 0.4) is 0 Å². The Kier molecular flexibility index (Phi) is 5.20. The van der Waals surface area contributed by atoms with E-state index < -0.39 is 16.5 Å². The minimum Gasteiger partial charge on any atom is -0.244 e. The van der Waals surface area contributed by atoms with Crippen molar-refractivity contribution in [3.05, 3.63) is 70.7 Å². The SMILES string of the molecule is CS(=O)(=O)c1ccc(-c2cc(Br)nc(CF)c2-c2ccc(F)cc2)cc1. The van der Waals surface area contributed by atoms with Crippen molar-refractivity contribution in [3.8, 4) is 22.3 Å². The van der Waals surface area contributed by atoms with E-state index in [1.807, 2.05) is 0 Å². The molecule has 0 aliphatic carbocycles. The van der Waals surface area contributed by atoms with Gasteiger partial charge in [-0.2, -0.15) is 0 Å². The molecule has 0 radical (unpaired) electrons. The molecule has 0 saturated heterocycles. The van der Waals surface area contributed by atoms with E-state index >= 15 is 0 Å². The number of hydrogen-bond acceptors (Lipinski definition) is 3. The molecule has 0 aliphatic heterocycles. The largest absolute Gasteiger partial charge is 0.244 e. The van der Waals surface area contributed by atoms with Crippen molar-refractivity contribution in [2.45, 2.75) is 11.6 Å².